The first-order valence-electron chi connectivity index (χ1n) is 5.72. The second kappa shape index (κ2) is 5.48. The standard InChI is InChI=1S/C13H13N3S2/c1-3-11(17-7-1)13(12-4-2-8-18-12)14-9-10-5-6-15-16-10/h1-8,13-14H,9H2,(H,15,16). The lowest BCUT2D eigenvalue weighted by Gasteiger charge is -2.15. The largest absolute Gasteiger partial charge is 0.299 e. The molecule has 5 heteroatoms. The number of nitrogens with zero attached hydrogens (tertiary/aromatic N) is 1. The maximum atomic E-state index is 3.97. The summed E-state index contributed by atoms with van der Waals surface area (Å²) < 4.78 is 0. The summed E-state index contributed by atoms with van der Waals surface area (Å²) in [5.41, 5.74) is 1.10. The van der Waals surface area contributed by atoms with Crippen molar-refractivity contribution in [2.75, 3.05) is 0 Å². The average Bonchev–Trinajstić information content (AvgIpc) is 3.14. The molecule has 3 aromatic rings. The van der Waals surface area contributed by atoms with E-state index in [9.17, 15) is 0 Å². The molecular formula is C13H13N3S2. The molecule has 0 amide bonds. The highest BCUT2D eigenvalue weighted by atomic mass is 32.1. The summed E-state index contributed by atoms with van der Waals surface area (Å²) in [6.07, 6.45) is 1.78. The van der Waals surface area contributed by atoms with Crippen LogP contribution in [0.5, 0.6) is 0 Å². The van der Waals surface area contributed by atoms with Crippen LogP contribution in [0, 0.1) is 0 Å². The van der Waals surface area contributed by atoms with Gasteiger partial charge in [0.15, 0.2) is 0 Å². The van der Waals surface area contributed by atoms with Crippen LogP contribution < -0.4 is 5.32 Å². The third-order valence-corrected chi connectivity index (χ3v) is 4.58. The quantitative estimate of drug-likeness (QED) is 0.749. The van der Waals surface area contributed by atoms with E-state index < -0.39 is 0 Å². The molecule has 0 bridgehead atoms. The maximum Gasteiger partial charge on any atom is 0.0767 e. The lowest BCUT2D eigenvalue weighted by Crippen LogP contribution is -2.20. The second-order valence-corrected chi connectivity index (χ2v) is 5.89. The van der Waals surface area contributed by atoms with Gasteiger partial charge in [0.2, 0.25) is 0 Å². The fourth-order valence-electron chi connectivity index (χ4n) is 1.85. The van der Waals surface area contributed by atoms with E-state index in [-0.39, 0.29) is 6.04 Å². The van der Waals surface area contributed by atoms with Gasteiger partial charge in [0.25, 0.3) is 0 Å². The Morgan fingerprint density at radius 1 is 1.11 bits per heavy atom. The van der Waals surface area contributed by atoms with E-state index in [1.807, 2.05) is 6.07 Å². The Morgan fingerprint density at radius 3 is 2.33 bits per heavy atom. The molecule has 0 unspecified atom stereocenters. The van der Waals surface area contributed by atoms with E-state index in [4.69, 9.17) is 0 Å². The molecule has 3 aromatic heterocycles. The van der Waals surface area contributed by atoms with Crippen LogP contribution >= 0.6 is 22.7 Å². The van der Waals surface area contributed by atoms with Crippen molar-refractivity contribution in [1.82, 2.24) is 15.5 Å². The predicted molar refractivity (Wildman–Crippen MR) is 75.9 cm³/mol. The number of nitrogens with one attached hydrogen (secondary N) is 2. The average molecular weight is 275 g/mol. The zero-order chi connectivity index (χ0) is 12.2. The van der Waals surface area contributed by atoms with E-state index in [2.05, 4.69) is 50.5 Å². The Hall–Kier alpha value is -1.43. The Labute approximate surface area is 114 Å². The molecule has 3 heterocycles. The zero-order valence-corrected chi connectivity index (χ0v) is 11.3. The molecule has 0 aliphatic rings. The summed E-state index contributed by atoms with van der Waals surface area (Å²) in [5, 5.41) is 14.8. The number of thiophene rings is 2. The van der Waals surface area contributed by atoms with E-state index in [1.54, 1.807) is 28.9 Å². The van der Waals surface area contributed by atoms with Gasteiger partial charge in [0.05, 0.1) is 6.04 Å². The zero-order valence-electron chi connectivity index (χ0n) is 9.67. The van der Waals surface area contributed by atoms with Crippen molar-refractivity contribution in [2.24, 2.45) is 0 Å². The lowest BCUT2D eigenvalue weighted by molar-refractivity contribution is 0.611. The van der Waals surface area contributed by atoms with Gasteiger partial charge in [0.1, 0.15) is 0 Å². The molecule has 0 aliphatic heterocycles. The first kappa shape index (κ1) is 11.6. The molecule has 3 rings (SSSR count). The highest BCUT2D eigenvalue weighted by Gasteiger charge is 2.15. The highest BCUT2D eigenvalue weighted by Crippen LogP contribution is 2.29. The van der Waals surface area contributed by atoms with Crippen LogP contribution in [-0.2, 0) is 6.54 Å². The SMILES string of the molecule is c1csc(C(NCc2ccn[nH]2)c2cccs2)c1. The van der Waals surface area contributed by atoms with Crippen LogP contribution in [0.15, 0.2) is 47.3 Å². The number of aromatic nitrogens is 2. The summed E-state index contributed by atoms with van der Waals surface area (Å²) in [4.78, 5) is 2.69. The summed E-state index contributed by atoms with van der Waals surface area (Å²) in [6, 6.07) is 10.8. The van der Waals surface area contributed by atoms with Crippen molar-refractivity contribution in [3.63, 3.8) is 0 Å². The van der Waals surface area contributed by atoms with Crippen molar-refractivity contribution < 1.29 is 0 Å². The van der Waals surface area contributed by atoms with Gasteiger partial charge >= 0.3 is 0 Å². The molecule has 0 radical (unpaired) electrons. The minimum Gasteiger partial charge on any atom is -0.299 e. The summed E-state index contributed by atoms with van der Waals surface area (Å²) in [5.74, 6) is 0. The smallest absolute Gasteiger partial charge is 0.0767 e. The first-order chi connectivity index (χ1) is 8.93. The Balaban J connectivity index is 1.78. The Kier molecular flexibility index (Phi) is 3.54. The maximum absolute atomic E-state index is 3.97. The van der Waals surface area contributed by atoms with Crippen LogP contribution in [-0.4, -0.2) is 10.2 Å². The Morgan fingerprint density at radius 2 is 1.83 bits per heavy atom. The van der Waals surface area contributed by atoms with Gasteiger partial charge in [-0.15, -0.1) is 22.7 Å². The van der Waals surface area contributed by atoms with Crippen molar-refractivity contribution in [1.29, 1.82) is 0 Å². The van der Waals surface area contributed by atoms with E-state index in [0.29, 0.717) is 0 Å². The molecule has 18 heavy (non-hydrogen) atoms. The molecule has 0 atom stereocenters. The summed E-state index contributed by atoms with van der Waals surface area (Å²) >= 11 is 3.57. The van der Waals surface area contributed by atoms with E-state index in [1.165, 1.54) is 9.75 Å². The van der Waals surface area contributed by atoms with Crippen molar-refractivity contribution in [3.05, 3.63) is 62.7 Å². The van der Waals surface area contributed by atoms with Gasteiger partial charge < -0.3 is 0 Å². The lowest BCUT2D eigenvalue weighted by atomic mass is 10.2. The second-order valence-electron chi connectivity index (χ2n) is 3.93. The van der Waals surface area contributed by atoms with E-state index in [0.717, 1.165) is 12.2 Å². The first-order valence-corrected chi connectivity index (χ1v) is 7.48. The molecule has 0 aromatic carbocycles. The molecule has 0 saturated carbocycles. The fourth-order valence-corrected chi connectivity index (χ4v) is 3.56. The summed E-state index contributed by atoms with van der Waals surface area (Å²) in [6.45, 7) is 0.792. The minimum atomic E-state index is 0.272. The predicted octanol–water partition coefficient (Wildman–Crippen LogP) is 3.41. The third-order valence-electron chi connectivity index (χ3n) is 2.71. The molecule has 0 aliphatic carbocycles. The molecule has 0 spiro atoms. The topological polar surface area (TPSA) is 40.7 Å². The molecular weight excluding hydrogens is 262 g/mol. The number of hydrogen-bond acceptors (Lipinski definition) is 4. The molecule has 0 saturated heterocycles. The monoisotopic (exact) mass is 275 g/mol. The van der Waals surface area contributed by atoms with Gasteiger partial charge in [-0.05, 0) is 29.0 Å². The van der Waals surface area contributed by atoms with Crippen LogP contribution in [0.2, 0.25) is 0 Å². The number of hydrogen-bond donors (Lipinski definition) is 2. The van der Waals surface area contributed by atoms with Crippen molar-refractivity contribution in [2.45, 2.75) is 12.6 Å². The molecule has 92 valence electrons. The molecule has 0 fully saturated rings. The Bertz CT molecular complexity index is 521. The fraction of sp³-hybridized carbons (Fsp3) is 0.154. The summed E-state index contributed by atoms with van der Waals surface area (Å²) in [7, 11) is 0. The van der Waals surface area contributed by atoms with Crippen molar-refractivity contribution >= 4 is 22.7 Å². The van der Waals surface area contributed by atoms with Crippen LogP contribution in [0.1, 0.15) is 21.5 Å². The van der Waals surface area contributed by atoms with Crippen LogP contribution in [0.3, 0.4) is 0 Å². The minimum absolute atomic E-state index is 0.272. The van der Waals surface area contributed by atoms with Gasteiger partial charge in [-0.1, -0.05) is 12.1 Å². The highest BCUT2D eigenvalue weighted by molar-refractivity contribution is 7.11. The number of H-pyrrole nitrogens is 1. The van der Waals surface area contributed by atoms with Crippen LogP contribution in [0.25, 0.3) is 0 Å². The number of aromatic amines is 1. The van der Waals surface area contributed by atoms with Gasteiger partial charge in [0, 0.05) is 28.2 Å². The molecule has 2 N–H and O–H groups in total. The normalized spacial score (nSPS) is 11.2. The van der Waals surface area contributed by atoms with Gasteiger partial charge in [-0.25, -0.2) is 0 Å². The van der Waals surface area contributed by atoms with E-state index >= 15 is 0 Å². The van der Waals surface area contributed by atoms with Crippen LogP contribution in [0.4, 0.5) is 0 Å². The number of rotatable bonds is 5. The molecule has 3 nitrogen and oxygen atoms in total. The third kappa shape index (κ3) is 2.53. The van der Waals surface area contributed by atoms with Gasteiger partial charge in [-0.2, -0.15) is 5.10 Å². The van der Waals surface area contributed by atoms with Crippen molar-refractivity contribution in [3.8, 4) is 0 Å². The van der Waals surface area contributed by atoms with Gasteiger partial charge in [-0.3, -0.25) is 10.4 Å².